The van der Waals surface area contributed by atoms with E-state index in [0.29, 0.717) is 16.7 Å². The molecule has 0 amide bonds. The van der Waals surface area contributed by atoms with E-state index in [1.165, 1.54) is 18.3 Å². The van der Waals surface area contributed by atoms with Gasteiger partial charge in [0.25, 0.3) is 12.2 Å². The third kappa shape index (κ3) is 2.19. The first-order valence-corrected chi connectivity index (χ1v) is 4.94. The van der Waals surface area contributed by atoms with E-state index in [9.17, 15) is 14.9 Å². The Morgan fingerprint density at radius 1 is 1.39 bits per heavy atom. The number of carbonyl (C=O) groups excluding carboxylic acids is 1. The Bertz CT molecular complexity index is 599. The van der Waals surface area contributed by atoms with Crippen LogP contribution in [-0.4, -0.2) is 23.2 Å². The summed E-state index contributed by atoms with van der Waals surface area (Å²) in [5.41, 5.74) is 0.294. The third-order valence-corrected chi connectivity index (χ3v) is 2.26. The van der Waals surface area contributed by atoms with Crippen molar-refractivity contribution < 1.29 is 19.2 Å². The standard InChI is InChI=1S/C11H8N2O5/c14-6-17-7-18-10-4-3-9(13(15)16)8-2-1-5-12-11(8)10/h1-6H,7H2. The molecule has 0 N–H and O–H groups in total. The van der Waals surface area contributed by atoms with Crippen molar-refractivity contribution in [3.05, 3.63) is 40.6 Å². The minimum atomic E-state index is -0.490. The fourth-order valence-electron chi connectivity index (χ4n) is 1.53. The molecule has 7 heteroatoms. The number of nitro benzene ring substituents is 1. The Balaban J connectivity index is 2.47. The van der Waals surface area contributed by atoms with Gasteiger partial charge in [-0.15, -0.1) is 0 Å². The fraction of sp³-hybridized carbons (Fsp3) is 0.0909. The summed E-state index contributed by atoms with van der Waals surface area (Å²) in [4.78, 5) is 24.4. The van der Waals surface area contributed by atoms with E-state index in [4.69, 9.17) is 4.74 Å². The molecule has 0 radical (unpaired) electrons. The molecule has 0 bridgehead atoms. The van der Waals surface area contributed by atoms with Gasteiger partial charge in [-0.05, 0) is 18.2 Å². The van der Waals surface area contributed by atoms with Crippen LogP contribution in [0.5, 0.6) is 5.75 Å². The molecule has 0 saturated carbocycles. The van der Waals surface area contributed by atoms with E-state index < -0.39 is 4.92 Å². The minimum Gasteiger partial charge on any atom is -0.455 e. The molecule has 0 aliphatic carbocycles. The molecule has 18 heavy (non-hydrogen) atoms. The number of fused-ring (bicyclic) bond motifs is 1. The van der Waals surface area contributed by atoms with E-state index in [1.807, 2.05) is 0 Å². The molecular formula is C11H8N2O5. The highest BCUT2D eigenvalue weighted by Gasteiger charge is 2.15. The Labute approximate surface area is 101 Å². The molecule has 7 nitrogen and oxygen atoms in total. The van der Waals surface area contributed by atoms with Crippen molar-refractivity contribution in [1.29, 1.82) is 0 Å². The average molecular weight is 248 g/mol. The lowest BCUT2D eigenvalue weighted by Gasteiger charge is -2.07. The van der Waals surface area contributed by atoms with Crippen molar-refractivity contribution in [2.24, 2.45) is 0 Å². The fourth-order valence-corrected chi connectivity index (χ4v) is 1.53. The topological polar surface area (TPSA) is 91.6 Å². The molecule has 0 saturated heterocycles. The smallest absolute Gasteiger partial charge is 0.295 e. The van der Waals surface area contributed by atoms with Crippen molar-refractivity contribution in [2.45, 2.75) is 0 Å². The number of nitro groups is 1. The van der Waals surface area contributed by atoms with Crippen LogP contribution in [0.3, 0.4) is 0 Å². The first-order chi connectivity index (χ1) is 8.74. The number of nitrogens with zero attached hydrogens (tertiary/aromatic N) is 2. The number of hydrogen-bond donors (Lipinski definition) is 0. The Kier molecular flexibility index (Phi) is 3.33. The zero-order valence-corrected chi connectivity index (χ0v) is 9.11. The van der Waals surface area contributed by atoms with E-state index in [0.717, 1.165) is 0 Å². The number of carbonyl (C=O) groups is 1. The van der Waals surface area contributed by atoms with Gasteiger partial charge in [0.2, 0.25) is 6.79 Å². The van der Waals surface area contributed by atoms with Crippen LogP contribution in [0, 0.1) is 10.1 Å². The molecule has 0 aliphatic heterocycles. The predicted octanol–water partition coefficient (Wildman–Crippen LogP) is 1.65. The lowest BCUT2D eigenvalue weighted by Crippen LogP contribution is -2.02. The zero-order valence-electron chi connectivity index (χ0n) is 9.11. The van der Waals surface area contributed by atoms with E-state index >= 15 is 0 Å². The highest BCUT2D eigenvalue weighted by Crippen LogP contribution is 2.31. The number of benzene rings is 1. The van der Waals surface area contributed by atoms with Gasteiger partial charge in [-0.25, -0.2) is 0 Å². The molecule has 2 aromatic rings. The molecule has 0 spiro atoms. The number of ether oxygens (including phenoxy) is 2. The Hall–Kier alpha value is -2.70. The Morgan fingerprint density at radius 2 is 2.22 bits per heavy atom. The van der Waals surface area contributed by atoms with E-state index in [-0.39, 0.29) is 19.0 Å². The van der Waals surface area contributed by atoms with Crippen LogP contribution in [0.1, 0.15) is 0 Å². The predicted molar refractivity (Wildman–Crippen MR) is 61.0 cm³/mol. The first-order valence-electron chi connectivity index (χ1n) is 4.94. The van der Waals surface area contributed by atoms with Gasteiger partial charge >= 0.3 is 0 Å². The van der Waals surface area contributed by atoms with Crippen molar-refractivity contribution in [3.63, 3.8) is 0 Å². The van der Waals surface area contributed by atoms with Gasteiger partial charge in [0, 0.05) is 12.3 Å². The molecule has 92 valence electrons. The van der Waals surface area contributed by atoms with Crippen LogP contribution in [0.2, 0.25) is 0 Å². The molecule has 0 unspecified atom stereocenters. The van der Waals surface area contributed by atoms with Crippen molar-refractivity contribution in [3.8, 4) is 5.75 Å². The molecule has 1 heterocycles. The molecule has 1 aromatic carbocycles. The lowest BCUT2D eigenvalue weighted by atomic mass is 10.1. The second-order valence-electron chi connectivity index (χ2n) is 3.26. The maximum atomic E-state index is 10.9. The van der Waals surface area contributed by atoms with Crippen LogP contribution in [0.15, 0.2) is 30.5 Å². The second kappa shape index (κ2) is 5.09. The Morgan fingerprint density at radius 3 is 2.94 bits per heavy atom. The van der Waals surface area contributed by atoms with E-state index in [1.54, 1.807) is 12.1 Å². The average Bonchev–Trinajstić information content (AvgIpc) is 2.38. The summed E-state index contributed by atoms with van der Waals surface area (Å²) in [6.07, 6.45) is 1.50. The van der Waals surface area contributed by atoms with Gasteiger partial charge in [-0.2, -0.15) is 0 Å². The largest absolute Gasteiger partial charge is 0.455 e. The first kappa shape index (κ1) is 11.8. The van der Waals surface area contributed by atoms with Crippen molar-refractivity contribution in [1.82, 2.24) is 4.98 Å². The van der Waals surface area contributed by atoms with E-state index in [2.05, 4.69) is 9.72 Å². The van der Waals surface area contributed by atoms with Gasteiger partial charge in [-0.3, -0.25) is 19.9 Å². The molecule has 2 rings (SSSR count). The summed E-state index contributed by atoms with van der Waals surface area (Å²) in [5, 5.41) is 11.2. The van der Waals surface area contributed by atoms with Crippen molar-refractivity contribution in [2.75, 3.05) is 6.79 Å². The lowest BCUT2D eigenvalue weighted by molar-refractivity contribution is -0.383. The highest BCUT2D eigenvalue weighted by molar-refractivity contribution is 5.92. The minimum absolute atomic E-state index is 0.0539. The maximum Gasteiger partial charge on any atom is 0.295 e. The van der Waals surface area contributed by atoms with Crippen molar-refractivity contribution >= 4 is 23.1 Å². The quantitative estimate of drug-likeness (QED) is 0.262. The monoisotopic (exact) mass is 248 g/mol. The maximum absolute atomic E-state index is 10.9. The second-order valence-corrected chi connectivity index (χ2v) is 3.26. The van der Waals surface area contributed by atoms with Crippen LogP contribution in [0.25, 0.3) is 10.9 Å². The number of aromatic nitrogens is 1. The summed E-state index contributed by atoms with van der Waals surface area (Å²) in [5.74, 6) is 0.318. The molecule has 0 aliphatic rings. The molecule has 0 atom stereocenters. The highest BCUT2D eigenvalue weighted by atomic mass is 16.7. The summed E-state index contributed by atoms with van der Waals surface area (Å²) >= 11 is 0. The van der Waals surface area contributed by atoms with Gasteiger partial charge in [0.05, 0.1) is 10.3 Å². The summed E-state index contributed by atoms with van der Waals surface area (Å²) < 4.78 is 9.56. The van der Waals surface area contributed by atoms with Crippen LogP contribution < -0.4 is 4.74 Å². The van der Waals surface area contributed by atoms with Gasteiger partial charge in [0.1, 0.15) is 11.3 Å². The number of hydrogen-bond acceptors (Lipinski definition) is 6. The number of pyridine rings is 1. The normalized spacial score (nSPS) is 10.0. The molecule has 0 fully saturated rings. The summed E-state index contributed by atoms with van der Waals surface area (Å²) in [6, 6.07) is 5.91. The molecule has 1 aromatic heterocycles. The van der Waals surface area contributed by atoms with Gasteiger partial charge < -0.3 is 9.47 Å². The number of non-ortho nitro benzene ring substituents is 1. The van der Waals surface area contributed by atoms with Gasteiger partial charge in [0.15, 0.2) is 0 Å². The van der Waals surface area contributed by atoms with Crippen LogP contribution >= 0.6 is 0 Å². The SMILES string of the molecule is O=COCOc1ccc([N+](=O)[O-])c2cccnc12. The number of rotatable bonds is 5. The summed E-state index contributed by atoms with van der Waals surface area (Å²) in [6.45, 7) is -0.0198. The summed E-state index contributed by atoms with van der Waals surface area (Å²) in [7, 11) is 0. The van der Waals surface area contributed by atoms with Gasteiger partial charge in [-0.1, -0.05) is 0 Å². The molecular weight excluding hydrogens is 240 g/mol. The zero-order chi connectivity index (χ0) is 13.0. The third-order valence-electron chi connectivity index (χ3n) is 2.26. The van der Waals surface area contributed by atoms with Crippen LogP contribution in [-0.2, 0) is 9.53 Å². The van der Waals surface area contributed by atoms with Crippen LogP contribution in [0.4, 0.5) is 5.69 Å².